The highest BCUT2D eigenvalue weighted by Crippen LogP contribution is 2.57. The molecule has 3 aliphatic rings. The fourth-order valence-corrected chi connectivity index (χ4v) is 6.27. The van der Waals surface area contributed by atoms with Crippen molar-refractivity contribution in [1.82, 2.24) is 4.90 Å². The lowest BCUT2D eigenvalue weighted by atomic mass is 9.51. The van der Waals surface area contributed by atoms with Gasteiger partial charge in [0, 0.05) is 18.0 Å². The molecule has 5 rings (SSSR count). The first-order valence-electron chi connectivity index (χ1n) is 11.2. The highest BCUT2D eigenvalue weighted by Gasteiger charge is 2.56. The minimum Gasteiger partial charge on any atom is -0.508 e. The van der Waals surface area contributed by atoms with E-state index in [2.05, 4.69) is 62.1 Å². The molecule has 3 nitrogen and oxygen atoms in total. The van der Waals surface area contributed by atoms with Gasteiger partial charge in [-0.05, 0) is 60.4 Å². The maximum absolute atomic E-state index is 10.6. The van der Waals surface area contributed by atoms with Crippen LogP contribution in [0.4, 0.5) is 0 Å². The van der Waals surface area contributed by atoms with Crippen molar-refractivity contribution in [2.45, 2.75) is 70.1 Å². The second-order valence-electron chi connectivity index (χ2n) is 10.1. The highest BCUT2D eigenvalue weighted by molar-refractivity contribution is 5.48. The predicted octanol–water partition coefficient (Wildman–Crippen LogP) is 5.23. The molecule has 1 aliphatic carbocycles. The molecule has 2 heterocycles. The number of hydrogen-bond acceptors (Lipinski definition) is 3. The Morgan fingerprint density at radius 2 is 1.83 bits per heavy atom. The number of phenolic OH excluding ortho intramolecular Hbond substituents is 1. The van der Waals surface area contributed by atoms with Crippen LogP contribution in [-0.4, -0.2) is 35.2 Å². The lowest BCUT2D eigenvalue weighted by molar-refractivity contribution is -0.0647. The molecule has 0 aromatic heterocycles. The van der Waals surface area contributed by atoms with E-state index >= 15 is 0 Å². The molecule has 2 aliphatic heterocycles. The zero-order chi connectivity index (χ0) is 20.2. The maximum Gasteiger partial charge on any atom is 0.119 e. The van der Waals surface area contributed by atoms with E-state index in [0.29, 0.717) is 17.9 Å². The molecule has 0 radical (unpaired) electrons. The third-order valence-electron chi connectivity index (χ3n) is 8.46. The Labute approximate surface area is 174 Å². The molecule has 2 fully saturated rings. The van der Waals surface area contributed by atoms with Crippen LogP contribution < -0.4 is 0 Å². The van der Waals surface area contributed by atoms with E-state index in [4.69, 9.17) is 4.74 Å². The molecule has 4 unspecified atom stereocenters. The summed E-state index contributed by atoms with van der Waals surface area (Å²) in [5.41, 5.74) is 4.09. The van der Waals surface area contributed by atoms with Crippen molar-refractivity contribution in [2.24, 2.45) is 5.41 Å². The van der Waals surface area contributed by atoms with Gasteiger partial charge in [-0.25, -0.2) is 0 Å². The molecule has 2 bridgehead atoms. The summed E-state index contributed by atoms with van der Waals surface area (Å²) in [6.07, 6.45) is 4.83. The van der Waals surface area contributed by atoms with Crippen molar-refractivity contribution < 1.29 is 9.84 Å². The molecular weight excluding hydrogens is 358 g/mol. The minimum atomic E-state index is 0.101. The van der Waals surface area contributed by atoms with Gasteiger partial charge in [-0.15, -0.1) is 0 Å². The third kappa shape index (κ3) is 2.93. The molecule has 2 aromatic carbocycles. The quantitative estimate of drug-likeness (QED) is 0.778. The minimum absolute atomic E-state index is 0.101. The van der Waals surface area contributed by atoms with E-state index in [1.807, 2.05) is 12.1 Å². The Balaban J connectivity index is 1.37. The van der Waals surface area contributed by atoms with E-state index in [9.17, 15) is 5.11 Å². The average Bonchev–Trinajstić information content (AvgIpc) is 3.17. The summed E-state index contributed by atoms with van der Waals surface area (Å²) in [5.74, 6) is 0.470. The topological polar surface area (TPSA) is 32.7 Å². The second kappa shape index (κ2) is 6.85. The summed E-state index contributed by atoms with van der Waals surface area (Å²) >= 11 is 0. The first-order chi connectivity index (χ1) is 13.9. The van der Waals surface area contributed by atoms with Crippen molar-refractivity contribution >= 4 is 0 Å². The number of aromatic hydroxyl groups is 1. The van der Waals surface area contributed by atoms with E-state index in [-0.39, 0.29) is 16.9 Å². The van der Waals surface area contributed by atoms with Crippen LogP contribution in [0.25, 0.3) is 0 Å². The number of fused-ring (bicyclic) bond motifs is 4. The van der Waals surface area contributed by atoms with Gasteiger partial charge in [-0.1, -0.05) is 63.2 Å². The standard InChI is InChI=1S/C26H33NO2/c1-25(2)24-16-20-21(10-7-11-22(20)28)26(25,3)14-15-27(24)17-19-12-13-23(29-19)18-8-5-4-6-9-18/h4-11,19,23-24,28H,12-17H2,1-3H3. The highest BCUT2D eigenvalue weighted by atomic mass is 16.5. The van der Waals surface area contributed by atoms with Crippen LogP contribution in [0.1, 0.15) is 62.8 Å². The van der Waals surface area contributed by atoms with Gasteiger partial charge >= 0.3 is 0 Å². The number of ether oxygens (including phenoxy) is 1. The van der Waals surface area contributed by atoms with Gasteiger partial charge in [0.1, 0.15) is 5.75 Å². The molecule has 0 saturated carbocycles. The fourth-order valence-electron chi connectivity index (χ4n) is 6.27. The van der Waals surface area contributed by atoms with Crippen molar-refractivity contribution in [2.75, 3.05) is 13.1 Å². The smallest absolute Gasteiger partial charge is 0.119 e. The number of benzene rings is 2. The summed E-state index contributed by atoms with van der Waals surface area (Å²) < 4.78 is 6.48. The molecular formula is C26H33NO2. The van der Waals surface area contributed by atoms with Gasteiger partial charge in [0.2, 0.25) is 0 Å². The van der Waals surface area contributed by atoms with Gasteiger partial charge < -0.3 is 9.84 Å². The number of piperidine rings is 1. The van der Waals surface area contributed by atoms with E-state index in [0.717, 1.165) is 38.8 Å². The number of nitrogens with zero attached hydrogens (tertiary/aromatic N) is 1. The molecule has 4 atom stereocenters. The molecule has 29 heavy (non-hydrogen) atoms. The van der Waals surface area contributed by atoms with Gasteiger partial charge in [0.25, 0.3) is 0 Å². The monoisotopic (exact) mass is 391 g/mol. The van der Waals surface area contributed by atoms with Crippen LogP contribution in [0.5, 0.6) is 5.75 Å². The summed E-state index contributed by atoms with van der Waals surface area (Å²) in [6, 6.07) is 17.2. The fraction of sp³-hybridized carbons (Fsp3) is 0.538. The zero-order valence-electron chi connectivity index (χ0n) is 17.9. The SMILES string of the molecule is CC12CCN(CC3CCC(c4ccccc4)O3)C(Cc3c(O)cccc31)C2(C)C. The maximum atomic E-state index is 10.6. The molecule has 0 amide bonds. The molecule has 2 saturated heterocycles. The van der Waals surface area contributed by atoms with Crippen LogP contribution in [0, 0.1) is 5.41 Å². The molecule has 1 N–H and O–H groups in total. The predicted molar refractivity (Wildman–Crippen MR) is 116 cm³/mol. The van der Waals surface area contributed by atoms with E-state index in [1.165, 1.54) is 16.7 Å². The Kier molecular flexibility index (Phi) is 4.52. The van der Waals surface area contributed by atoms with Crippen LogP contribution in [0.15, 0.2) is 48.5 Å². The van der Waals surface area contributed by atoms with Gasteiger partial charge in [0.15, 0.2) is 0 Å². The lowest BCUT2D eigenvalue weighted by Crippen LogP contribution is -2.64. The van der Waals surface area contributed by atoms with Crippen LogP contribution >= 0.6 is 0 Å². The number of likely N-dealkylation sites (tertiary alicyclic amines) is 1. The first kappa shape index (κ1) is 19.1. The average molecular weight is 392 g/mol. The third-order valence-corrected chi connectivity index (χ3v) is 8.46. The largest absolute Gasteiger partial charge is 0.508 e. The van der Waals surface area contributed by atoms with Crippen molar-refractivity contribution in [3.05, 3.63) is 65.2 Å². The van der Waals surface area contributed by atoms with Crippen LogP contribution in [0.2, 0.25) is 0 Å². The van der Waals surface area contributed by atoms with E-state index < -0.39 is 0 Å². The summed E-state index contributed by atoms with van der Waals surface area (Å²) in [7, 11) is 0. The summed E-state index contributed by atoms with van der Waals surface area (Å²) in [6.45, 7) is 9.37. The number of phenols is 1. The molecule has 3 heteroatoms. The van der Waals surface area contributed by atoms with Gasteiger partial charge in [0.05, 0.1) is 12.2 Å². The van der Waals surface area contributed by atoms with Crippen molar-refractivity contribution in [3.8, 4) is 5.75 Å². The summed E-state index contributed by atoms with van der Waals surface area (Å²) in [4.78, 5) is 2.66. The first-order valence-corrected chi connectivity index (χ1v) is 11.2. The van der Waals surface area contributed by atoms with Gasteiger partial charge in [-0.2, -0.15) is 0 Å². The number of rotatable bonds is 3. The Hall–Kier alpha value is -1.84. The molecule has 2 aromatic rings. The van der Waals surface area contributed by atoms with Crippen molar-refractivity contribution in [3.63, 3.8) is 0 Å². The van der Waals surface area contributed by atoms with Crippen molar-refractivity contribution in [1.29, 1.82) is 0 Å². The Morgan fingerprint density at radius 1 is 1.03 bits per heavy atom. The second-order valence-corrected chi connectivity index (χ2v) is 10.1. The molecule has 0 spiro atoms. The summed E-state index contributed by atoms with van der Waals surface area (Å²) in [5, 5.41) is 10.6. The van der Waals surface area contributed by atoms with Crippen LogP contribution in [0.3, 0.4) is 0 Å². The van der Waals surface area contributed by atoms with E-state index in [1.54, 1.807) is 0 Å². The number of hydrogen-bond donors (Lipinski definition) is 1. The van der Waals surface area contributed by atoms with Crippen LogP contribution in [-0.2, 0) is 16.6 Å². The molecule has 154 valence electrons. The van der Waals surface area contributed by atoms with Gasteiger partial charge in [-0.3, -0.25) is 4.90 Å². The lowest BCUT2D eigenvalue weighted by Gasteiger charge is -2.61. The Morgan fingerprint density at radius 3 is 2.62 bits per heavy atom. The normalized spacial score (nSPS) is 33.4. The zero-order valence-corrected chi connectivity index (χ0v) is 17.9. The Bertz CT molecular complexity index is 893.